The second kappa shape index (κ2) is 16.8. The van der Waals surface area contributed by atoms with Crippen LogP contribution in [0.25, 0.3) is 0 Å². The van der Waals surface area contributed by atoms with E-state index in [0.29, 0.717) is 12.8 Å². The van der Waals surface area contributed by atoms with Crippen LogP contribution in [-0.2, 0) is 24.0 Å². The average Bonchev–Trinajstić information content (AvgIpc) is 3.48. The van der Waals surface area contributed by atoms with E-state index in [4.69, 9.17) is 5.73 Å². The van der Waals surface area contributed by atoms with Crippen molar-refractivity contribution in [1.29, 1.82) is 0 Å². The van der Waals surface area contributed by atoms with E-state index >= 15 is 0 Å². The molecule has 1 aliphatic heterocycles. The number of primary amides is 1. The predicted octanol–water partition coefficient (Wildman–Crippen LogP) is 2.29. The molecule has 47 heavy (non-hydrogen) atoms. The molecule has 1 aromatic rings. The molecule has 2 fully saturated rings. The largest absolute Gasteiger partial charge is 0.363 e. The lowest BCUT2D eigenvalue weighted by atomic mass is 9.82. The lowest BCUT2D eigenvalue weighted by molar-refractivity contribution is -0.144. The Morgan fingerprint density at radius 1 is 0.957 bits per heavy atom. The molecule has 13 nitrogen and oxygen atoms in total. The number of nitrogens with one attached hydrogen (secondary N) is 3. The van der Waals surface area contributed by atoms with Gasteiger partial charge >= 0.3 is 0 Å². The molecule has 2 aliphatic rings. The van der Waals surface area contributed by atoms with E-state index in [2.05, 4.69) is 25.9 Å². The van der Waals surface area contributed by atoms with Crippen molar-refractivity contribution in [3.63, 3.8) is 0 Å². The first-order valence-corrected chi connectivity index (χ1v) is 17.0. The van der Waals surface area contributed by atoms with Crippen LogP contribution in [0.2, 0.25) is 0 Å². The molecule has 0 bridgehead atoms. The fourth-order valence-electron chi connectivity index (χ4n) is 6.85. The van der Waals surface area contributed by atoms with Gasteiger partial charge in [0.1, 0.15) is 23.8 Å². The molecule has 5 amide bonds. The highest BCUT2D eigenvalue weighted by Crippen LogP contribution is 2.33. The van der Waals surface area contributed by atoms with Crippen LogP contribution in [0.15, 0.2) is 18.6 Å². The SMILES string of the molecule is CCCC(NC(=O)[C@@H]1C(C(C)C)CCN1C(=O)C(CC(C)(C)C)NC(=O)[C@@H](NC(=O)c1cnccn1)C1CCCCC1)C(=O)C(N)=O. The third-order valence-corrected chi connectivity index (χ3v) is 9.22. The second-order valence-electron chi connectivity index (χ2n) is 14.5. The van der Waals surface area contributed by atoms with Crippen LogP contribution in [0, 0.1) is 23.2 Å². The Morgan fingerprint density at radius 3 is 2.19 bits per heavy atom. The predicted molar refractivity (Wildman–Crippen MR) is 175 cm³/mol. The van der Waals surface area contributed by atoms with Gasteiger partial charge in [0.05, 0.1) is 12.2 Å². The minimum atomic E-state index is -1.13. The monoisotopic (exact) mass is 655 g/mol. The van der Waals surface area contributed by atoms with Gasteiger partial charge in [-0.05, 0) is 55.3 Å². The minimum Gasteiger partial charge on any atom is -0.363 e. The van der Waals surface area contributed by atoms with Crippen molar-refractivity contribution in [1.82, 2.24) is 30.8 Å². The van der Waals surface area contributed by atoms with E-state index in [0.717, 1.165) is 32.1 Å². The van der Waals surface area contributed by atoms with Crippen LogP contribution >= 0.6 is 0 Å². The number of amides is 5. The zero-order valence-corrected chi connectivity index (χ0v) is 28.7. The summed E-state index contributed by atoms with van der Waals surface area (Å²) >= 11 is 0. The highest BCUT2D eigenvalue weighted by Gasteiger charge is 2.46. The Balaban J connectivity index is 1.91. The molecular formula is C34H53N7O6. The van der Waals surface area contributed by atoms with Gasteiger partial charge in [-0.15, -0.1) is 0 Å². The maximum absolute atomic E-state index is 14.4. The number of ketones is 1. The highest BCUT2D eigenvalue weighted by atomic mass is 16.2. The van der Waals surface area contributed by atoms with Crippen molar-refractivity contribution in [2.45, 2.75) is 123 Å². The second-order valence-corrected chi connectivity index (χ2v) is 14.5. The molecule has 13 heteroatoms. The Bertz CT molecular complexity index is 1280. The van der Waals surface area contributed by atoms with E-state index < -0.39 is 59.5 Å². The van der Waals surface area contributed by atoms with Gasteiger partial charge in [-0.25, -0.2) is 4.98 Å². The molecule has 3 rings (SSSR count). The molecular weight excluding hydrogens is 602 g/mol. The summed E-state index contributed by atoms with van der Waals surface area (Å²) in [5, 5.41) is 8.55. The van der Waals surface area contributed by atoms with E-state index in [1.165, 1.54) is 23.5 Å². The molecule has 260 valence electrons. The standard InChI is InChI=1S/C34H53N7O6/c1-7-11-23(28(42)29(35)43)38-32(46)27-22(20(2)3)14-17-41(27)33(47)24(18-34(4,5)6)39-31(45)26(21-12-9-8-10-13-21)40-30(44)25-19-36-15-16-37-25/h15-16,19-24,26-27H,7-14,17-18H2,1-6H3,(H2,35,43)(H,38,46)(H,39,45)(H,40,44)/t22?,23?,24?,26-,27-/m0/s1. The number of hydrogen-bond donors (Lipinski definition) is 4. The molecule has 1 saturated carbocycles. The highest BCUT2D eigenvalue weighted by molar-refractivity contribution is 6.37. The van der Waals surface area contributed by atoms with Crippen LogP contribution in [0.1, 0.15) is 110 Å². The Morgan fingerprint density at radius 2 is 1.64 bits per heavy atom. The minimum absolute atomic E-state index is 0.0302. The zero-order valence-electron chi connectivity index (χ0n) is 28.7. The first-order valence-electron chi connectivity index (χ1n) is 17.0. The van der Waals surface area contributed by atoms with E-state index in [1.807, 2.05) is 41.5 Å². The third kappa shape index (κ3) is 10.3. The Hall–Kier alpha value is -3.90. The van der Waals surface area contributed by atoms with Gasteiger partial charge in [0, 0.05) is 18.9 Å². The van der Waals surface area contributed by atoms with Crippen molar-refractivity contribution in [3.8, 4) is 0 Å². The number of likely N-dealkylation sites (tertiary alicyclic amines) is 1. The van der Waals surface area contributed by atoms with Crippen LogP contribution in [0.3, 0.4) is 0 Å². The van der Waals surface area contributed by atoms with Crippen molar-refractivity contribution in [2.75, 3.05) is 6.54 Å². The quantitative estimate of drug-likeness (QED) is 0.219. The molecule has 5 N–H and O–H groups in total. The van der Waals surface area contributed by atoms with Gasteiger partial charge in [-0.1, -0.05) is 67.2 Å². The molecule has 1 aromatic heterocycles. The lowest BCUT2D eigenvalue weighted by Crippen LogP contribution is -2.60. The molecule has 0 spiro atoms. The van der Waals surface area contributed by atoms with Gasteiger partial charge in [-0.3, -0.25) is 33.8 Å². The smallest absolute Gasteiger partial charge is 0.287 e. The maximum atomic E-state index is 14.4. The van der Waals surface area contributed by atoms with Gasteiger partial charge in [0.2, 0.25) is 23.5 Å². The molecule has 3 unspecified atom stereocenters. The van der Waals surface area contributed by atoms with Crippen LogP contribution in [0.4, 0.5) is 0 Å². The summed E-state index contributed by atoms with van der Waals surface area (Å²) in [5.74, 6) is -4.24. The number of carbonyl (C=O) groups is 6. The van der Waals surface area contributed by atoms with Crippen molar-refractivity contribution in [3.05, 3.63) is 24.3 Å². The summed E-state index contributed by atoms with van der Waals surface area (Å²) < 4.78 is 0. The van der Waals surface area contributed by atoms with E-state index in [-0.39, 0.29) is 48.2 Å². The first kappa shape index (κ1) is 37.6. The number of nitrogens with two attached hydrogens (primary N) is 1. The zero-order chi connectivity index (χ0) is 34.9. The number of rotatable bonds is 14. The van der Waals surface area contributed by atoms with Crippen molar-refractivity contribution >= 4 is 35.3 Å². The number of hydrogen-bond acceptors (Lipinski definition) is 8. The summed E-state index contributed by atoms with van der Waals surface area (Å²) in [6, 6.07) is -3.88. The molecule has 0 aromatic carbocycles. The fraction of sp³-hybridized carbons (Fsp3) is 0.706. The molecule has 5 atom stereocenters. The molecule has 0 radical (unpaired) electrons. The normalized spacial score (nSPS) is 20.6. The summed E-state index contributed by atoms with van der Waals surface area (Å²) in [7, 11) is 0. The van der Waals surface area contributed by atoms with Gasteiger partial charge in [0.15, 0.2) is 0 Å². The van der Waals surface area contributed by atoms with Gasteiger partial charge in [-0.2, -0.15) is 0 Å². The topological polar surface area (TPSA) is 194 Å². The van der Waals surface area contributed by atoms with Crippen molar-refractivity contribution in [2.24, 2.45) is 28.9 Å². The molecule has 2 heterocycles. The summed E-state index contributed by atoms with van der Waals surface area (Å²) in [6.07, 6.45) is 10.2. The van der Waals surface area contributed by atoms with Gasteiger partial charge < -0.3 is 26.6 Å². The summed E-state index contributed by atoms with van der Waals surface area (Å²) in [5.41, 5.74) is 4.96. The first-order chi connectivity index (χ1) is 22.1. The lowest BCUT2D eigenvalue weighted by Gasteiger charge is -2.36. The molecule has 1 aliphatic carbocycles. The third-order valence-electron chi connectivity index (χ3n) is 9.22. The Labute approximate surface area is 278 Å². The summed E-state index contributed by atoms with van der Waals surface area (Å²) in [4.78, 5) is 89.2. The number of nitrogens with zero attached hydrogens (tertiary/aromatic N) is 3. The Kier molecular flexibility index (Phi) is 13.4. The van der Waals surface area contributed by atoms with Gasteiger partial charge in [0.25, 0.3) is 11.8 Å². The number of Topliss-reactive ketones (excluding diaryl/α,β-unsaturated/α-hetero) is 1. The average molecular weight is 656 g/mol. The fourth-order valence-corrected chi connectivity index (χ4v) is 6.85. The van der Waals surface area contributed by atoms with Crippen LogP contribution < -0.4 is 21.7 Å². The molecule has 1 saturated heterocycles. The van der Waals surface area contributed by atoms with Crippen LogP contribution in [-0.4, -0.2) is 80.9 Å². The summed E-state index contributed by atoms with van der Waals surface area (Å²) in [6.45, 7) is 11.9. The van der Waals surface area contributed by atoms with Crippen LogP contribution in [0.5, 0.6) is 0 Å². The van der Waals surface area contributed by atoms with E-state index in [9.17, 15) is 28.8 Å². The number of carbonyl (C=O) groups excluding carboxylic acids is 6. The van der Waals surface area contributed by atoms with E-state index in [1.54, 1.807) is 0 Å². The van der Waals surface area contributed by atoms with Crippen molar-refractivity contribution < 1.29 is 28.8 Å². The number of aromatic nitrogens is 2. The maximum Gasteiger partial charge on any atom is 0.287 e.